The fraction of sp³-hybridized carbons (Fsp3) is 0.500. The largest absolute Gasteiger partial charge is 0.493 e. The first-order chi connectivity index (χ1) is 9.22. The molecule has 0 saturated heterocycles. The number of carbonyl (C=O) groups excluding carboxylic acids is 1. The normalized spacial score (nSPS) is 10.3. The van der Waals surface area contributed by atoms with E-state index >= 15 is 0 Å². The standard InChI is InChI=1S/C14H20O5/c1-3-12(16)11-4-5-13(17-2)14(10-11)19-9-8-18-7-6-15/h4-5,10,15H,3,6-9H2,1-2H3. The summed E-state index contributed by atoms with van der Waals surface area (Å²) in [5.74, 6) is 1.16. The number of methoxy groups -OCH3 is 1. The van der Waals surface area contributed by atoms with Crippen molar-refractivity contribution in [2.75, 3.05) is 33.5 Å². The Morgan fingerprint density at radius 1 is 1.21 bits per heavy atom. The second-order valence-electron chi connectivity index (χ2n) is 3.83. The SMILES string of the molecule is CCC(=O)c1ccc(OC)c(OCCOCCO)c1. The average Bonchev–Trinajstić information content (AvgIpc) is 2.46. The zero-order chi connectivity index (χ0) is 14.1. The Hall–Kier alpha value is -1.59. The van der Waals surface area contributed by atoms with Gasteiger partial charge in [0.15, 0.2) is 17.3 Å². The summed E-state index contributed by atoms with van der Waals surface area (Å²) in [6, 6.07) is 5.11. The Balaban J connectivity index is 2.65. The highest BCUT2D eigenvalue weighted by Crippen LogP contribution is 2.28. The van der Waals surface area contributed by atoms with Crippen molar-refractivity contribution < 1.29 is 24.1 Å². The van der Waals surface area contributed by atoms with Gasteiger partial charge in [0.05, 0.1) is 26.9 Å². The molecule has 0 radical (unpaired) electrons. The van der Waals surface area contributed by atoms with Crippen LogP contribution in [0, 0.1) is 0 Å². The van der Waals surface area contributed by atoms with E-state index in [9.17, 15) is 4.79 Å². The molecule has 0 aliphatic heterocycles. The molecule has 0 saturated carbocycles. The summed E-state index contributed by atoms with van der Waals surface area (Å²) < 4.78 is 15.8. The van der Waals surface area contributed by atoms with Crippen molar-refractivity contribution >= 4 is 5.78 Å². The van der Waals surface area contributed by atoms with E-state index in [0.29, 0.717) is 36.7 Å². The highest BCUT2D eigenvalue weighted by molar-refractivity contribution is 5.96. The number of aliphatic hydroxyl groups is 1. The summed E-state index contributed by atoms with van der Waals surface area (Å²) in [7, 11) is 1.55. The molecule has 0 heterocycles. The van der Waals surface area contributed by atoms with Gasteiger partial charge in [0.1, 0.15) is 6.61 Å². The number of benzene rings is 1. The molecule has 0 aliphatic carbocycles. The molecule has 1 N–H and O–H groups in total. The molecule has 0 aromatic heterocycles. The maximum atomic E-state index is 11.6. The minimum absolute atomic E-state index is 0.0101. The van der Waals surface area contributed by atoms with E-state index in [4.69, 9.17) is 19.3 Å². The van der Waals surface area contributed by atoms with Crippen LogP contribution in [0.4, 0.5) is 0 Å². The molecule has 0 aliphatic rings. The Bertz CT molecular complexity index is 403. The average molecular weight is 268 g/mol. The Morgan fingerprint density at radius 3 is 2.63 bits per heavy atom. The summed E-state index contributed by atoms with van der Waals surface area (Å²) in [5.41, 5.74) is 0.606. The van der Waals surface area contributed by atoms with E-state index in [1.165, 1.54) is 0 Å². The topological polar surface area (TPSA) is 65.0 Å². The lowest BCUT2D eigenvalue weighted by molar-refractivity contribution is 0.0698. The van der Waals surface area contributed by atoms with Crippen molar-refractivity contribution in [1.29, 1.82) is 0 Å². The summed E-state index contributed by atoms with van der Waals surface area (Å²) in [6.07, 6.45) is 0.450. The third kappa shape index (κ3) is 4.89. The second-order valence-corrected chi connectivity index (χ2v) is 3.83. The summed E-state index contributed by atoms with van der Waals surface area (Å²) >= 11 is 0. The molecule has 106 valence electrons. The molecular formula is C14H20O5. The lowest BCUT2D eigenvalue weighted by Gasteiger charge is -2.12. The zero-order valence-corrected chi connectivity index (χ0v) is 11.3. The number of hydrogen-bond acceptors (Lipinski definition) is 5. The maximum absolute atomic E-state index is 11.6. The van der Waals surface area contributed by atoms with Crippen LogP contribution in [0.15, 0.2) is 18.2 Å². The maximum Gasteiger partial charge on any atom is 0.162 e. The van der Waals surface area contributed by atoms with Crippen LogP contribution in [-0.2, 0) is 4.74 Å². The summed E-state index contributed by atoms with van der Waals surface area (Å²) in [6.45, 7) is 2.80. The van der Waals surface area contributed by atoms with Crippen LogP contribution >= 0.6 is 0 Å². The van der Waals surface area contributed by atoms with Gasteiger partial charge in [-0.3, -0.25) is 4.79 Å². The van der Waals surface area contributed by atoms with Gasteiger partial charge < -0.3 is 19.3 Å². The first kappa shape index (κ1) is 15.5. The van der Waals surface area contributed by atoms with Crippen molar-refractivity contribution in [3.63, 3.8) is 0 Å². The van der Waals surface area contributed by atoms with E-state index in [1.54, 1.807) is 25.3 Å². The lowest BCUT2D eigenvalue weighted by Crippen LogP contribution is -2.10. The van der Waals surface area contributed by atoms with Gasteiger partial charge in [-0.05, 0) is 18.2 Å². The summed E-state index contributed by atoms with van der Waals surface area (Å²) in [5, 5.41) is 8.57. The molecule has 5 heteroatoms. The monoisotopic (exact) mass is 268 g/mol. The first-order valence-electron chi connectivity index (χ1n) is 6.25. The van der Waals surface area contributed by atoms with Gasteiger partial charge in [0.25, 0.3) is 0 Å². The van der Waals surface area contributed by atoms with Gasteiger partial charge in [-0.1, -0.05) is 6.92 Å². The van der Waals surface area contributed by atoms with Gasteiger partial charge in [0, 0.05) is 12.0 Å². The van der Waals surface area contributed by atoms with Crippen LogP contribution in [0.25, 0.3) is 0 Å². The number of carbonyl (C=O) groups is 1. The second kappa shape index (κ2) is 8.50. The molecule has 19 heavy (non-hydrogen) atoms. The third-order valence-corrected chi connectivity index (χ3v) is 2.53. The van der Waals surface area contributed by atoms with Gasteiger partial charge >= 0.3 is 0 Å². The molecule has 0 unspecified atom stereocenters. The zero-order valence-electron chi connectivity index (χ0n) is 11.3. The van der Waals surface area contributed by atoms with Crippen LogP contribution in [0.2, 0.25) is 0 Å². The predicted molar refractivity (Wildman–Crippen MR) is 71.0 cm³/mol. The molecule has 0 bridgehead atoms. The molecule has 1 aromatic carbocycles. The van der Waals surface area contributed by atoms with E-state index in [-0.39, 0.29) is 19.0 Å². The van der Waals surface area contributed by atoms with Crippen molar-refractivity contribution in [2.45, 2.75) is 13.3 Å². The van der Waals surface area contributed by atoms with Gasteiger partial charge in [-0.2, -0.15) is 0 Å². The van der Waals surface area contributed by atoms with E-state index in [2.05, 4.69) is 0 Å². The first-order valence-corrected chi connectivity index (χ1v) is 6.25. The van der Waals surface area contributed by atoms with Crippen molar-refractivity contribution in [2.24, 2.45) is 0 Å². The minimum Gasteiger partial charge on any atom is -0.493 e. The molecule has 0 fully saturated rings. The van der Waals surface area contributed by atoms with Crippen LogP contribution in [0.3, 0.4) is 0 Å². The van der Waals surface area contributed by atoms with Crippen molar-refractivity contribution in [3.8, 4) is 11.5 Å². The van der Waals surface area contributed by atoms with Crippen molar-refractivity contribution in [3.05, 3.63) is 23.8 Å². The molecule has 0 atom stereocenters. The summed E-state index contributed by atoms with van der Waals surface area (Å²) in [4.78, 5) is 11.6. The predicted octanol–water partition coefficient (Wildman–Crippen LogP) is 1.68. The fourth-order valence-corrected chi connectivity index (χ4v) is 1.54. The smallest absolute Gasteiger partial charge is 0.162 e. The van der Waals surface area contributed by atoms with Crippen LogP contribution in [0.1, 0.15) is 23.7 Å². The number of aliphatic hydroxyl groups excluding tert-OH is 1. The molecule has 5 nitrogen and oxygen atoms in total. The minimum atomic E-state index is -0.0101. The van der Waals surface area contributed by atoms with Gasteiger partial charge in [-0.15, -0.1) is 0 Å². The fourth-order valence-electron chi connectivity index (χ4n) is 1.54. The van der Waals surface area contributed by atoms with E-state index in [1.807, 2.05) is 6.92 Å². The van der Waals surface area contributed by atoms with Crippen LogP contribution < -0.4 is 9.47 Å². The molecular weight excluding hydrogens is 248 g/mol. The Morgan fingerprint density at radius 2 is 2.00 bits per heavy atom. The number of hydrogen-bond donors (Lipinski definition) is 1. The van der Waals surface area contributed by atoms with Crippen LogP contribution in [0.5, 0.6) is 11.5 Å². The molecule has 0 spiro atoms. The molecule has 1 aromatic rings. The number of ether oxygens (including phenoxy) is 3. The number of rotatable bonds is 9. The number of ketones is 1. The molecule has 0 amide bonds. The third-order valence-electron chi connectivity index (χ3n) is 2.53. The quantitative estimate of drug-likeness (QED) is 0.545. The van der Waals surface area contributed by atoms with Crippen molar-refractivity contribution in [1.82, 2.24) is 0 Å². The van der Waals surface area contributed by atoms with Crippen LogP contribution in [-0.4, -0.2) is 44.4 Å². The van der Waals surface area contributed by atoms with Gasteiger partial charge in [0.2, 0.25) is 0 Å². The highest BCUT2D eigenvalue weighted by Gasteiger charge is 2.09. The van der Waals surface area contributed by atoms with E-state index < -0.39 is 0 Å². The Labute approximate surface area is 113 Å². The van der Waals surface area contributed by atoms with Gasteiger partial charge in [-0.25, -0.2) is 0 Å². The molecule has 1 rings (SSSR count). The van der Waals surface area contributed by atoms with E-state index in [0.717, 1.165) is 0 Å². The highest BCUT2D eigenvalue weighted by atomic mass is 16.5. The lowest BCUT2D eigenvalue weighted by atomic mass is 10.1. The number of Topliss-reactive ketones (excluding diaryl/α,β-unsaturated/α-hetero) is 1. The Kier molecular flexibility index (Phi) is 6.92.